The number of nitrogens with zero attached hydrogens (tertiary/aromatic N) is 1. The zero-order chi connectivity index (χ0) is 6.69. The van der Waals surface area contributed by atoms with Crippen molar-refractivity contribution in [2.24, 2.45) is 11.8 Å². The lowest BCUT2D eigenvalue weighted by Gasteiger charge is -2.07. The first kappa shape index (κ1) is 6.61. The van der Waals surface area contributed by atoms with Crippen molar-refractivity contribution in [2.45, 2.75) is 32.6 Å². The van der Waals surface area contributed by atoms with Gasteiger partial charge in [-0.1, -0.05) is 19.8 Å². The molecule has 1 fully saturated rings. The van der Waals surface area contributed by atoms with E-state index in [1.54, 1.807) is 0 Å². The minimum Gasteiger partial charge on any atom is -0.198 e. The quantitative estimate of drug-likeness (QED) is 0.525. The Labute approximate surface area is 56.7 Å². The van der Waals surface area contributed by atoms with Crippen molar-refractivity contribution in [3.63, 3.8) is 0 Å². The SMILES string of the molecule is CC[C@H]1CCCC1C#N. The zero-order valence-corrected chi connectivity index (χ0v) is 5.93. The molecule has 2 atom stereocenters. The third-order valence-electron chi connectivity index (χ3n) is 2.35. The maximum atomic E-state index is 8.62. The molecule has 0 heterocycles. The second kappa shape index (κ2) is 2.87. The topological polar surface area (TPSA) is 23.8 Å². The first-order valence-corrected chi connectivity index (χ1v) is 3.78. The Morgan fingerprint density at radius 2 is 2.33 bits per heavy atom. The fourth-order valence-corrected chi connectivity index (χ4v) is 1.70. The maximum absolute atomic E-state index is 8.62. The monoisotopic (exact) mass is 123 g/mol. The van der Waals surface area contributed by atoms with E-state index in [4.69, 9.17) is 5.26 Å². The first-order valence-electron chi connectivity index (χ1n) is 3.78. The Hall–Kier alpha value is -0.510. The summed E-state index contributed by atoms with van der Waals surface area (Å²) in [6, 6.07) is 2.36. The largest absolute Gasteiger partial charge is 0.198 e. The molecule has 0 aromatic carbocycles. The van der Waals surface area contributed by atoms with Gasteiger partial charge in [0, 0.05) is 5.92 Å². The van der Waals surface area contributed by atoms with Crippen LogP contribution in [0.15, 0.2) is 0 Å². The predicted octanol–water partition coefficient (Wildman–Crippen LogP) is 2.34. The van der Waals surface area contributed by atoms with E-state index < -0.39 is 0 Å². The van der Waals surface area contributed by atoms with Gasteiger partial charge in [0.1, 0.15) is 0 Å². The fraction of sp³-hybridized carbons (Fsp3) is 0.875. The van der Waals surface area contributed by atoms with Gasteiger partial charge in [0.2, 0.25) is 0 Å². The summed E-state index contributed by atoms with van der Waals surface area (Å²) in [6.07, 6.45) is 4.90. The van der Waals surface area contributed by atoms with Crippen molar-refractivity contribution in [3.05, 3.63) is 0 Å². The van der Waals surface area contributed by atoms with Crippen molar-refractivity contribution in [2.75, 3.05) is 0 Å². The molecule has 0 aromatic heterocycles. The van der Waals surface area contributed by atoms with E-state index in [-0.39, 0.29) is 0 Å². The normalized spacial score (nSPS) is 34.2. The molecule has 0 saturated heterocycles. The van der Waals surface area contributed by atoms with Gasteiger partial charge in [-0.25, -0.2) is 0 Å². The molecule has 1 aliphatic rings. The summed E-state index contributed by atoms with van der Waals surface area (Å²) in [7, 11) is 0. The third-order valence-corrected chi connectivity index (χ3v) is 2.35. The Kier molecular flexibility index (Phi) is 2.10. The van der Waals surface area contributed by atoms with Crippen LogP contribution in [0.2, 0.25) is 0 Å². The van der Waals surface area contributed by atoms with Crippen molar-refractivity contribution in [1.29, 1.82) is 5.26 Å². The minimum absolute atomic E-state index is 0.384. The van der Waals surface area contributed by atoms with Crippen LogP contribution in [-0.4, -0.2) is 0 Å². The molecule has 9 heavy (non-hydrogen) atoms. The number of rotatable bonds is 1. The van der Waals surface area contributed by atoms with Gasteiger partial charge in [-0.3, -0.25) is 0 Å². The molecule has 0 aromatic rings. The molecule has 1 nitrogen and oxygen atoms in total. The summed E-state index contributed by atoms with van der Waals surface area (Å²) in [5.74, 6) is 1.10. The van der Waals surface area contributed by atoms with E-state index >= 15 is 0 Å². The van der Waals surface area contributed by atoms with E-state index in [2.05, 4.69) is 13.0 Å². The van der Waals surface area contributed by atoms with Crippen LogP contribution >= 0.6 is 0 Å². The number of nitriles is 1. The molecule has 0 spiro atoms. The van der Waals surface area contributed by atoms with E-state index in [1.165, 1.54) is 19.3 Å². The molecule has 0 N–H and O–H groups in total. The van der Waals surface area contributed by atoms with Crippen LogP contribution in [0.3, 0.4) is 0 Å². The first-order chi connectivity index (χ1) is 4.38. The summed E-state index contributed by atoms with van der Waals surface area (Å²) < 4.78 is 0. The molecular formula is C8H13N. The predicted molar refractivity (Wildman–Crippen MR) is 36.7 cm³/mol. The second-order valence-electron chi connectivity index (χ2n) is 2.83. The molecule has 1 saturated carbocycles. The highest BCUT2D eigenvalue weighted by Crippen LogP contribution is 2.32. The highest BCUT2D eigenvalue weighted by Gasteiger charge is 2.24. The van der Waals surface area contributed by atoms with Gasteiger partial charge in [-0.2, -0.15) is 5.26 Å². The lowest BCUT2D eigenvalue weighted by molar-refractivity contribution is 0.453. The van der Waals surface area contributed by atoms with E-state index in [1.807, 2.05) is 0 Å². The standard InChI is InChI=1S/C8H13N/c1-2-7-4-3-5-8(7)6-9/h7-8H,2-5H2,1H3/t7-,8?/m0/s1. The van der Waals surface area contributed by atoms with Crippen LogP contribution in [-0.2, 0) is 0 Å². The van der Waals surface area contributed by atoms with E-state index in [0.717, 1.165) is 12.3 Å². The lowest BCUT2D eigenvalue weighted by atomic mass is 9.95. The minimum atomic E-state index is 0.384. The molecule has 1 rings (SSSR count). The average molecular weight is 123 g/mol. The third kappa shape index (κ3) is 1.24. The molecular weight excluding hydrogens is 110 g/mol. The molecule has 50 valence electrons. The Bertz CT molecular complexity index is 123. The van der Waals surface area contributed by atoms with Gasteiger partial charge in [0.25, 0.3) is 0 Å². The van der Waals surface area contributed by atoms with Gasteiger partial charge in [0.15, 0.2) is 0 Å². The van der Waals surface area contributed by atoms with Crippen molar-refractivity contribution in [1.82, 2.24) is 0 Å². The van der Waals surface area contributed by atoms with Crippen LogP contribution in [0.25, 0.3) is 0 Å². The van der Waals surface area contributed by atoms with Crippen LogP contribution in [0.5, 0.6) is 0 Å². The second-order valence-corrected chi connectivity index (χ2v) is 2.83. The summed E-state index contributed by atoms with van der Waals surface area (Å²) >= 11 is 0. The highest BCUT2D eigenvalue weighted by molar-refractivity contribution is 4.91. The van der Waals surface area contributed by atoms with Crippen LogP contribution in [0.1, 0.15) is 32.6 Å². The van der Waals surface area contributed by atoms with Crippen molar-refractivity contribution >= 4 is 0 Å². The smallest absolute Gasteiger partial charge is 0.0658 e. The zero-order valence-electron chi connectivity index (χ0n) is 5.93. The molecule has 0 aliphatic heterocycles. The maximum Gasteiger partial charge on any atom is 0.0658 e. The van der Waals surface area contributed by atoms with Gasteiger partial charge in [-0.15, -0.1) is 0 Å². The van der Waals surface area contributed by atoms with Crippen molar-refractivity contribution in [3.8, 4) is 6.07 Å². The van der Waals surface area contributed by atoms with Crippen LogP contribution in [0, 0.1) is 23.2 Å². The number of hydrogen-bond donors (Lipinski definition) is 0. The summed E-state index contributed by atoms with van der Waals surface area (Å²) in [4.78, 5) is 0. The Morgan fingerprint density at radius 3 is 2.78 bits per heavy atom. The molecule has 1 unspecified atom stereocenters. The molecule has 0 amide bonds. The summed E-state index contributed by atoms with van der Waals surface area (Å²) in [6.45, 7) is 2.18. The van der Waals surface area contributed by atoms with E-state index in [9.17, 15) is 0 Å². The van der Waals surface area contributed by atoms with Crippen LogP contribution < -0.4 is 0 Å². The summed E-state index contributed by atoms with van der Waals surface area (Å²) in [5.41, 5.74) is 0. The van der Waals surface area contributed by atoms with Gasteiger partial charge in [-0.05, 0) is 18.8 Å². The average Bonchev–Trinajstić information content (AvgIpc) is 2.33. The van der Waals surface area contributed by atoms with Gasteiger partial charge >= 0.3 is 0 Å². The molecule has 0 bridgehead atoms. The van der Waals surface area contributed by atoms with E-state index in [0.29, 0.717) is 5.92 Å². The Balaban J connectivity index is 2.44. The number of hydrogen-bond acceptors (Lipinski definition) is 1. The van der Waals surface area contributed by atoms with Crippen LogP contribution in [0.4, 0.5) is 0 Å². The Morgan fingerprint density at radius 1 is 1.56 bits per heavy atom. The molecule has 0 radical (unpaired) electrons. The lowest BCUT2D eigenvalue weighted by Crippen LogP contribution is -2.02. The van der Waals surface area contributed by atoms with Gasteiger partial charge in [0.05, 0.1) is 6.07 Å². The molecule has 1 heteroatoms. The highest BCUT2D eigenvalue weighted by atomic mass is 14.3. The molecule has 1 aliphatic carbocycles. The van der Waals surface area contributed by atoms with Crippen molar-refractivity contribution < 1.29 is 0 Å². The van der Waals surface area contributed by atoms with Gasteiger partial charge < -0.3 is 0 Å². The summed E-state index contributed by atoms with van der Waals surface area (Å²) in [5, 5.41) is 8.62. The fourth-order valence-electron chi connectivity index (χ4n) is 1.70.